The minimum atomic E-state index is -0.374. The number of hydrogen-bond donors (Lipinski definition) is 1. The summed E-state index contributed by atoms with van der Waals surface area (Å²) >= 11 is 3.13. The first-order valence-corrected chi connectivity index (χ1v) is 8.03. The molecule has 1 aliphatic carbocycles. The molecule has 0 spiro atoms. The Hall–Kier alpha value is -1.08. The van der Waals surface area contributed by atoms with Crippen LogP contribution in [0.2, 0.25) is 0 Å². The molecule has 0 saturated heterocycles. The molecule has 1 saturated carbocycles. The number of nitrogens with zero attached hydrogens (tertiary/aromatic N) is 1. The second-order valence-electron chi connectivity index (χ2n) is 5.74. The van der Waals surface area contributed by atoms with E-state index >= 15 is 0 Å². The summed E-state index contributed by atoms with van der Waals surface area (Å²) in [6.07, 6.45) is 6.32. The molecule has 20 heavy (non-hydrogen) atoms. The third kappa shape index (κ3) is 3.73. The summed E-state index contributed by atoms with van der Waals surface area (Å²) in [4.78, 5) is 0. The smallest absolute Gasteiger partial charge is 0.161 e. The van der Waals surface area contributed by atoms with Crippen molar-refractivity contribution in [3.63, 3.8) is 0 Å². The second kappa shape index (κ2) is 7.08. The SMILES string of the molecule is CC1CCC(CCNc2ccc(C#N)c(Br)c2F)CC1. The fourth-order valence-electron chi connectivity index (χ4n) is 2.80. The Labute approximate surface area is 128 Å². The second-order valence-corrected chi connectivity index (χ2v) is 6.53. The molecule has 1 aliphatic rings. The van der Waals surface area contributed by atoms with Crippen LogP contribution in [-0.2, 0) is 0 Å². The highest BCUT2D eigenvalue weighted by molar-refractivity contribution is 9.10. The molecule has 4 heteroatoms. The normalized spacial score (nSPS) is 22.3. The maximum atomic E-state index is 14.0. The van der Waals surface area contributed by atoms with E-state index in [2.05, 4.69) is 28.2 Å². The monoisotopic (exact) mass is 338 g/mol. The van der Waals surface area contributed by atoms with E-state index in [0.717, 1.165) is 24.8 Å². The fraction of sp³-hybridized carbons (Fsp3) is 0.562. The Morgan fingerprint density at radius 1 is 1.35 bits per heavy atom. The van der Waals surface area contributed by atoms with Crippen LogP contribution in [0.3, 0.4) is 0 Å². The molecular weight excluding hydrogens is 319 g/mol. The predicted octanol–water partition coefficient (Wildman–Crippen LogP) is 5.09. The van der Waals surface area contributed by atoms with Crippen LogP contribution >= 0.6 is 15.9 Å². The molecule has 0 amide bonds. The van der Waals surface area contributed by atoms with Crippen molar-refractivity contribution in [2.45, 2.75) is 39.0 Å². The van der Waals surface area contributed by atoms with Crippen LogP contribution < -0.4 is 5.32 Å². The Morgan fingerprint density at radius 3 is 2.70 bits per heavy atom. The van der Waals surface area contributed by atoms with E-state index in [1.807, 2.05) is 6.07 Å². The van der Waals surface area contributed by atoms with Gasteiger partial charge in [-0.1, -0.05) is 32.6 Å². The van der Waals surface area contributed by atoms with E-state index in [0.29, 0.717) is 11.3 Å². The number of benzene rings is 1. The highest BCUT2D eigenvalue weighted by Gasteiger charge is 2.18. The molecule has 0 aromatic heterocycles. The first kappa shape index (κ1) is 15.3. The average Bonchev–Trinajstić information content (AvgIpc) is 2.46. The van der Waals surface area contributed by atoms with E-state index in [-0.39, 0.29) is 10.3 Å². The molecule has 1 aromatic rings. The Bertz CT molecular complexity index is 502. The highest BCUT2D eigenvalue weighted by Crippen LogP contribution is 2.31. The van der Waals surface area contributed by atoms with Crippen molar-refractivity contribution in [3.8, 4) is 6.07 Å². The van der Waals surface area contributed by atoms with Crippen molar-refractivity contribution in [1.29, 1.82) is 5.26 Å². The zero-order chi connectivity index (χ0) is 14.5. The summed E-state index contributed by atoms with van der Waals surface area (Å²) in [7, 11) is 0. The van der Waals surface area contributed by atoms with Gasteiger partial charge in [-0.05, 0) is 46.3 Å². The van der Waals surface area contributed by atoms with Gasteiger partial charge >= 0.3 is 0 Å². The first-order valence-electron chi connectivity index (χ1n) is 7.23. The lowest BCUT2D eigenvalue weighted by Crippen LogP contribution is -2.16. The van der Waals surface area contributed by atoms with Gasteiger partial charge < -0.3 is 5.32 Å². The molecule has 2 rings (SSSR count). The fourth-order valence-corrected chi connectivity index (χ4v) is 3.24. The standard InChI is InChI=1S/C16H20BrFN2/c1-11-2-4-12(5-3-11)8-9-20-14-7-6-13(10-19)15(17)16(14)18/h6-7,11-12,20H,2-5,8-9H2,1H3. The van der Waals surface area contributed by atoms with Crippen LogP contribution in [-0.4, -0.2) is 6.54 Å². The van der Waals surface area contributed by atoms with Crippen LogP contribution in [0.1, 0.15) is 44.6 Å². The van der Waals surface area contributed by atoms with E-state index in [9.17, 15) is 4.39 Å². The quantitative estimate of drug-likeness (QED) is 0.829. The van der Waals surface area contributed by atoms with Crippen molar-refractivity contribution in [3.05, 3.63) is 28.0 Å². The molecule has 108 valence electrons. The molecule has 0 aliphatic heterocycles. The Morgan fingerprint density at radius 2 is 2.05 bits per heavy atom. The molecule has 0 unspecified atom stereocenters. The average molecular weight is 339 g/mol. The topological polar surface area (TPSA) is 35.8 Å². The summed E-state index contributed by atoms with van der Waals surface area (Å²) in [5.74, 6) is 1.26. The largest absolute Gasteiger partial charge is 0.383 e. The van der Waals surface area contributed by atoms with Crippen molar-refractivity contribution >= 4 is 21.6 Å². The zero-order valence-electron chi connectivity index (χ0n) is 11.8. The molecule has 0 bridgehead atoms. The predicted molar refractivity (Wildman–Crippen MR) is 83.0 cm³/mol. The molecule has 0 atom stereocenters. The lowest BCUT2D eigenvalue weighted by atomic mass is 9.81. The number of rotatable bonds is 4. The van der Waals surface area contributed by atoms with Gasteiger partial charge in [-0.2, -0.15) is 5.26 Å². The van der Waals surface area contributed by atoms with Gasteiger partial charge in [-0.25, -0.2) is 4.39 Å². The number of anilines is 1. The van der Waals surface area contributed by atoms with E-state index in [1.54, 1.807) is 12.1 Å². The van der Waals surface area contributed by atoms with Gasteiger partial charge in [0.05, 0.1) is 15.7 Å². The van der Waals surface area contributed by atoms with Crippen molar-refractivity contribution in [2.24, 2.45) is 11.8 Å². The van der Waals surface area contributed by atoms with Crippen molar-refractivity contribution in [1.82, 2.24) is 0 Å². The lowest BCUT2D eigenvalue weighted by Gasteiger charge is -2.26. The summed E-state index contributed by atoms with van der Waals surface area (Å²) in [5, 5.41) is 12.0. The van der Waals surface area contributed by atoms with E-state index in [1.165, 1.54) is 25.7 Å². The van der Waals surface area contributed by atoms with E-state index in [4.69, 9.17) is 5.26 Å². The van der Waals surface area contributed by atoms with Crippen LogP contribution in [0.4, 0.5) is 10.1 Å². The van der Waals surface area contributed by atoms with Crippen molar-refractivity contribution in [2.75, 3.05) is 11.9 Å². The minimum absolute atomic E-state index is 0.247. The molecular formula is C16H20BrFN2. The van der Waals surface area contributed by atoms with Gasteiger partial charge in [0.1, 0.15) is 6.07 Å². The van der Waals surface area contributed by atoms with Gasteiger partial charge in [0.2, 0.25) is 0 Å². The van der Waals surface area contributed by atoms with Crippen LogP contribution in [0, 0.1) is 29.0 Å². The number of halogens is 2. The van der Waals surface area contributed by atoms with Gasteiger partial charge in [-0.3, -0.25) is 0 Å². The molecule has 0 heterocycles. The third-order valence-electron chi connectivity index (χ3n) is 4.21. The van der Waals surface area contributed by atoms with E-state index < -0.39 is 0 Å². The summed E-state index contributed by atoms with van der Waals surface area (Å²) in [6, 6.07) is 5.24. The Balaban J connectivity index is 1.86. The molecule has 2 nitrogen and oxygen atoms in total. The number of nitriles is 1. The maximum absolute atomic E-state index is 14.0. The van der Waals surface area contributed by atoms with Gasteiger partial charge in [0.15, 0.2) is 5.82 Å². The van der Waals surface area contributed by atoms with Crippen LogP contribution in [0.25, 0.3) is 0 Å². The molecule has 1 fully saturated rings. The lowest BCUT2D eigenvalue weighted by molar-refractivity contribution is 0.282. The minimum Gasteiger partial charge on any atom is -0.383 e. The summed E-state index contributed by atoms with van der Waals surface area (Å²) < 4.78 is 14.3. The summed E-state index contributed by atoms with van der Waals surface area (Å²) in [5.41, 5.74) is 0.800. The molecule has 1 aromatic carbocycles. The Kier molecular flexibility index (Phi) is 5.42. The third-order valence-corrected chi connectivity index (χ3v) is 4.98. The van der Waals surface area contributed by atoms with Gasteiger partial charge in [0.25, 0.3) is 0 Å². The van der Waals surface area contributed by atoms with Crippen LogP contribution in [0.5, 0.6) is 0 Å². The summed E-state index contributed by atoms with van der Waals surface area (Å²) in [6.45, 7) is 3.10. The highest BCUT2D eigenvalue weighted by atomic mass is 79.9. The van der Waals surface area contributed by atoms with Gasteiger partial charge in [0, 0.05) is 6.54 Å². The molecule has 1 N–H and O–H groups in total. The maximum Gasteiger partial charge on any atom is 0.161 e. The molecule has 0 radical (unpaired) electrons. The zero-order valence-corrected chi connectivity index (χ0v) is 13.3. The van der Waals surface area contributed by atoms with Crippen LogP contribution in [0.15, 0.2) is 16.6 Å². The van der Waals surface area contributed by atoms with Crippen molar-refractivity contribution < 1.29 is 4.39 Å². The van der Waals surface area contributed by atoms with Gasteiger partial charge in [-0.15, -0.1) is 0 Å². The number of hydrogen-bond acceptors (Lipinski definition) is 2. The number of nitrogens with one attached hydrogen (secondary N) is 1. The first-order chi connectivity index (χ1) is 9.61.